The minimum Gasteiger partial charge on any atom is -0.378 e. The van der Waals surface area contributed by atoms with E-state index in [-0.39, 0.29) is 29.7 Å². The molecule has 0 unspecified atom stereocenters. The van der Waals surface area contributed by atoms with Crippen LogP contribution < -0.4 is 5.32 Å². The molecule has 0 aromatic carbocycles. The molecule has 1 aliphatic rings. The van der Waals surface area contributed by atoms with Gasteiger partial charge in [0.15, 0.2) is 15.8 Å². The summed E-state index contributed by atoms with van der Waals surface area (Å²) in [7, 11) is -3.13. The molecule has 24 heavy (non-hydrogen) atoms. The molecule has 1 heterocycles. The maximum atomic E-state index is 12.2. The lowest BCUT2D eigenvalue weighted by Gasteiger charge is -2.34. The standard InChI is InChI=1S/C16H33N3O3S.HI/c1-6-17-15(18-10-13-23(20,21)16(3,4)5)19-11-8-14(9-12-19)22-7-2;/h14H,6-13H2,1-5H3,(H,17,18);1H. The summed E-state index contributed by atoms with van der Waals surface area (Å²) < 4.78 is 29.3. The Morgan fingerprint density at radius 2 is 1.83 bits per heavy atom. The van der Waals surface area contributed by atoms with Crippen LogP contribution in [0.3, 0.4) is 0 Å². The van der Waals surface area contributed by atoms with Crippen LogP contribution in [0, 0.1) is 0 Å². The maximum Gasteiger partial charge on any atom is 0.193 e. The van der Waals surface area contributed by atoms with Gasteiger partial charge in [0.1, 0.15) is 0 Å². The molecule has 0 spiro atoms. The number of nitrogens with zero attached hydrogens (tertiary/aromatic N) is 2. The molecule has 0 aromatic heterocycles. The van der Waals surface area contributed by atoms with Gasteiger partial charge in [-0.25, -0.2) is 8.42 Å². The summed E-state index contributed by atoms with van der Waals surface area (Å²) in [5, 5.41) is 3.26. The Kier molecular flexibility index (Phi) is 10.8. The van der Waals surface area contributed by atoms with Crippen LogP contribution in [-0.2, 0) is 14.6 Å². The fourth-order valence-corrected chi connectivity index (χ4v) is 3.42. The average Bonchev–Trinajstić information content (AvgIpc) is 2.46. The van der Waals surface area contributed by atoms with Crippen molar-refractivity contribution in [3.63, 3.8) is 0 Å². The molecule has 0 saturated carbocycles. The second-order valence-electron chi connectivity index (χ2n) is 6.81. The number of hydrogen-bond donors (Lipinski definition) is 1. The smallest absolute Gasteiger partial charge is 0.193 e. The molecule has 0 bridgehead atoms. The highest BCUT2D eigenvalue weighted by Gasteiger charge is 2.28. The zero-order valence-electron chi connectivity index (χ0n) is 15.7. The van der Waals surface area contributed by atoms with Gasteiger partial charge in [-0.2, -0.15) is 0 Å². The van der Waals surface area contributed by atoms with Gasteiger partial charge in [0.2, 0.25) is 0 Å². The molecule has 1 saturated heterocycles. The van der Waals surface area contributed by atoms with Crippen LogP contribution in [0.25, 0.3) is 0 Å². The maximum absolute atomic E-state index is 12.2. The molecule has 0 amide bonds. The molecule has 0 aromatic rings. The highest BCUT2D eigenvalue weighted by Crippen LogP contribution is 2.16. The fraction of sp³-hybridized carbons (Fsp3) is 0.938. The molecule has 1 rings (SSSR count). The minimum absolute atomic E-state index is 0. The molecule has 6 nitrogen and oxygen atoms in total. The van der Waals surface area contributed by atoms with Crippen LogP contribution in [0.1, 0.15) is 47.5 Å². The Morgan fingerprint density at radius 1 is 1.25 bits per heavy atom. The van der Waals surface area contributed by atoms with E-state index in [4.69, 9.17) is 4.74 Å². The summed E-state index contributed by atoms with van der Waals surface area (Å²) >= 11 is 0. The molecule has 0 aliphatic carbocycles. The highest BCUT2D eigenvalue weighted by molar-refractivity contribution is 14.0. The summed E-state index contributed by atoms with van der Waals surface area (Å²) in [5.41, 5.74) is 0. The number of guanidine groups is 1. The summed E-state index contributed by atoms with van der Waals surface area (Å²) in [5.74, 6) is 0.896. The van der Waals surface area contributed by atoms with E-state index < -0.39 is 14.6 Å². The Hall–Kier alpha value is -0.0900. The number of halogens is 1. The van der Waals surface area contributed by atoms with Crippen LogP contribution >= 0.6 is 24.0 Å². The molecular formula is C16H34IN3O3S. The number of ether oxygens (including phenoxy) is 1. The Labute approximate surface area is 164 Å². The van der Waals surface area contributed by atoms with E-state index in [2.05, 4.69) is 15.2 Å². The predicted octanol–water partition coefficient (Wildman–Crippen LogP) is 2.28. The van der Waals surface area contributed by atoms with Gasteiger partial charge in [0.25, 0.3) is 0 Å². The molecule has 0 atom stereocenters. The van der Waals surface area contributed by atoms with E-state index in [1.807, 2.05) is 13.8 Å². The second kappa shape index (κ2) is 10.8. The Morgan fingerprint density at radius 3 is 2.29 bits per heavy atom. The summed E-state index contributed by atoms with van der Waals surface area (Å²) in [6.45, 7) is 12.8. The van der Waals surface area contributed by atoms with Crippen LogP contribution in [0.4, 0.5) is 0 Å². The fourth-order valence-electron chi connectivity index (χ4n) is 2.47. The topological polar surface area (TPSA) is 71.0 Å². The van der Waals surface area contributed by atoms with Gasteiger partial charge < -0.3 is 15.0 Å². The quantitative estimate of drug-likeness (QED) is 0.363. The van der Waals surface area contributed by atoms with E-state index >= 15 is 0 Å². The zero-order chi connectivity index (χ0) is 17.5. The predicted molar refractivity (Wildman–Crippen MR) is 111 cm³/mol. The van der Waals surface area contributed by atoms with Gasteiger partial charge in [-0.15, -0.1) is 24.0 Å². The third-order valence-electron chi connectivity index (χ3n) is 4.03. The minimum atomic E-state index is -3.13. The highest BCUT2D eigenvalue weighted by atomic mass is 127. The number of piperidine rings is 1. The van der Waals surface area contributed by atoms with Crippen molar-refractivity contribution >= 4 is 39.8 Å². The van der Waals surface area contributed by atoms with E-state index in [0.717, 1.165) is 45.0 Å². The van der Waals surface area contributed by atoms with E-state index in [9.17, 15) is 8.42 Å². The van der Waals surface area contributed by atoms with Crippen molar-refractivity contribution < 1.29 is 13.2 Å². The first kappa shape index (κ1) is 23.9. The number of sulfone groups is 1. The summed E-state index contributed by atoms with van der Waals surface area (Å²) in [4.78, 5) is 6.72. The largest absolute Gasteiger partial charge is 0.378 e. The first-order valence-corrected chi connectivity index (χ1v) is 10.2. The van der Waals surface area contributed by atoms with Gasteiger partial charge in [-0.1, -0.05) is 0 Å². The average molecular weight is 475 g/mol. The van der Waals surface area contributed by atoms with Crippen molar-refractivity contribution in [1.82, 2.24) is 10.2 Å². The summed E-state index contributed by atoms with van der Waals surface area (Å²) in [6, 6.07) is 0. The van der Waals surface area contributed by atoms with Crippen molar-refractivity contribution in [2.75, 3.05) is 38.5 Å². The van der Waals surface area contributed by atoms with Gasteiger partial charge in [-0.3, -0.25) is 4.99 Å². The van der Waals surface area contributed by atoms with Crippen LogP contribution in [0.5, 0.6) is 0 Å². The van der Waals surface area contributed by atoms with Gasteiger partial charge in [-0.05, 0) is 47.5 Å². The van der Waals surface area contributed by atoms with Crippen molar-refractivity contribution in [3.05, 3.63) is 0 Å². The van der Waals surface area contributed by atoms with E-state index in [0.29, 0.717) is 12.6 Å². The summed E-state index contributed by atoms with van der Waals surface area (Å²) in [6.07, 6.45) is 2.30. The third kappa shape index (κ3) is 7.43. The first-order valence-electron chi connectivity index (χ1n) is 8.58. The van der Waals surface area contributed by atoms with Crippen molar-refractivity contribution in [2.24, 2.45) is 4.99 Å². The van der Waals surface area contributed by atoms with Crippen LogP contribution in [0.2, 0.25) is 0 Å². The van der Waals surface area contributed by atoms with Gasteiger partial charge in [0, 0.05) is 26.2 Å². The second-order valence-corrected chi connectivity index (χ2v) is 9.67. The number of nitrogens with one attached hydrogen (secondary N) is 1. The normalized spacial score (nSPS) is 17.5. The van der Waals surface area contributed by atoms with E-state index in [1.54, 1.807) is 20.8 Å². The molecule has 1 N–H and O–H groups in total. The Balaban J connectivity index is 0.00000529. The SMILES string of the molecule is CCNC(=NCCS(=O)(=O)C(C)(C)C)N1CCC(OCC)CC1.I. The molecule has 1 aliphatic heterocycles. The molecule has 0 radical (unpaired) electrons. The molecule has 8 heteroatoms. The van der Waals surface area contributed by atoms with Gasteiger partial charge in [0.05, 0.1) is 23.1 Å². The lowest BCUT2D eigenvalue weighted by Crippen LogP contribution is -2.47. The van der Waals surface area contributed by atoms with Crippen molar-refractivity contribution in [3.8, 4) is 0 Å². The number of likely N-dealkylation sites (tertiary alicyclic amines) is 1. The van der Waals surface area contributed by atoms with Crippen molar-refractivity contribution in [2.45, 2.75) is 58.3 Å². The molecular weight excluding hydrogens is 441 g/mol. The monoisotopic (exact) mass is 475 g/mol. The molecule has 1 fully saturated rings. The van der Waals surface area contributed by atoms with Crippen LogP contribution in [0.15, 0.2) is 4.99 Å². The van der Waals surface area contributed by atoms with Crippen LogP contribution in [-0.4, -0.2) is 68.7 Å². The number of aliphatic imine (C=N–C) groups is 1. The lowest BCUT2D eigenvalue weighted by molar-refractivity contribution is 0.0264. The zero-order valence-corrected chi connectivity index (χ0v) is 18.8. The third-order valence-corrected chi connectivity index (χ3v) is 6.62. The van der Waals surface area contributed by atoms with Gasteiger partial charge >= 0.3 is 0 Å². The van der Waals surface area contributed by atoms with E-state index in [1.165, 1.54) is 0 Å². The number of rotatable bonds is 6. The lowest BCUT2D eigenvalue weighted by atomic mass is 10.1. The Bertz CT molecular complexity index is 481. The number of hydrogen-bond acceptors (Lipinski definition) is 4. The first-order chi connectivity index (χ1) is 10.7. The van der Waals surface area contributed by atoms with Crippen molar-refractivity contribution in [1.29, 1.82) is 0 Å². The molecule has 144 valence electrons.